The van der Waals surface area contributed by atoms with Crippen molar-refractivity contribution in [3.63, 3.8) is 0 Å². The Morgan fingerprint density at radius 1 is 0.875 bits per heavy atom. The third kappa shape index (κ3) is 8.76. The lowest BCUT2D eigenvalue weighted by Gasteiger charge is -2.21. The van der Waals surface area contributed by atoms with Gasteiger partial charge in [0.05, 0.1) is 6.61 Å². The fourth-order valence-electron chi connectivity index (χ4n) is 3.98. The van der Waals surface area contributed by atoms with Gasteiger partial charge < -0.3 is 28.5 Å². The molecule has 1 N–H and O–H groups in total. The fourth-order valence-corrected chi connectivity index (χ4v) is 4.76. The Bertz CT molecular complexity index is 1300. The van der Waals surface area contributed by atoms with E-state index in [4.69, 9.17) is 23.3 Å². The zero-order valence-electron chi connectivity index (χ0n) is 23.0. The molecule has 40 heavy (non-hydrogen) atoms. The number of ether oxygens (including phenoxy) is 3. The van der Waals surface area contributed by atoms with Crippen LogP contribution in [0.15, 0.2) is 85.2 Å². The fraction of sp³-hybridized carbons (Fsp3) is 0.300. The molecule has 0 aliphatic carbocycles. The molecular formula is C30H36N2O7P. The number of phosphoric acid groups is 1. The number of nitrogens with zero attached hydrogens (tertiary/aromatic N) is 2. The number of phosphoric ester groups is 1. The van der Waals surface area contributed by atoms with Crippen LogP contribution in [0.1, 0.15) is 23.6 Å². The summed E-state index contributed by atoms with van der Waals surface area (Å²) in [5.74, 6) is 1.58. The lowest BCUT2D eigenvalue weighted by atomic mass is 10.2. The van der Waals surface area contributed by atoms with Crippen LogP contribution in [0, 0.1) is 13.6 Å². The van der Waals surface area contributed by atoms with E-state index in [0.29, 0.717) is 24.7 Å². The first kappa shape index (κ1) is 29.5. The van der Waals surface area contributed by atoms with Gasteiger partial charge in [0.2, 0.25) is 0 Å². The summed E-state index contributed by atoms with van der Waals surface area (Å²) in [7, 11) is -2.92. The molecule has 0 aromatic heterocycles. The second-order valence-corrected chi connectivity index (χ2v) is 10.6. The number of rotatable bonds is 15. The maximum atomic E-state index is 12.7. The summed E-state index contributed by atoms with van der Waals surface area (Å²) in [5, 5.41) is 0. The van der Waals surface area contributed by atoms with E-state index in [1.54, 1.807) is 18.2 Å². The quantitative estimate of drug-likeness (QED) is 0.226. The molecule has 0 amide bonds. The third-order valence-electron chi connectivity index (χ3n) is 6.25. The first-order chi connectivity index (χ1) is 19.3. The van der Waals surface area contributed by atoms with Crippen LogP contribution in [0.2, 0.25) is 0 Å². The first-order valence-electron chi connectivity index (χ1n) is 13.1. The highest BCUT2D eigenvalue weighted by molar-refractivity contribution is 7.47. The second kappa shape index (κ2) is 14.2. The minimum Gasteiger partial charge on any atom is -0.490 e. The Hall–Kier alpha value is -3.49. The van der Waals surface area contributed by atoms with E-state index in [9.17, 15) is 9.46 Å². The number of benzene rings is 3. The first-order valence-corrected chi connectivity index (χ1v) is 14.6. The summed E-state index contributed by atoms with van der Waals surface area (Å²) in [6.45, 7) is 7.80. The molecule has 0 saturated carbocycles. The van der Waals surface area contributed by atoms with Crippen LogP contribution in [-0.4, -0.2) is 47.7 Å². The molecule has 0 saturated heterocycles. The summed E-state index contributed by atoms with van der Waals surface area (Å²) in [6.07, 6.45) is 3.35. The highest BCUT2D eigenvalue weighted by Gasteiger charge is 2.26. The minimum atomic E-state index is -4.40. The highest BCUT2D eigenvalue weighted by atomic mass is 31.2. The van der Waals surface area contributed by atoms with E-state index in [2.05, 4.69) is 11.8 Å². The van der Waals surface area contributed by atoms with Crippen molar-refractivity contribution in [2.24, 2.45) is 0 Å². The number of hydrogen-bond acceptors (Lipinski definition) is 8. The Balaban J connectivity index is 1.26. The summed E-state index contributed by atoms with van der Waals surface area (Å²) in [6, 6.07) is 22.5. The van der Waals surface area contributed by atoms with Crippen LogP contribution in [0.4, 0.5) is 0 Å². The van der Waals surface area contributed by atoms with E-state index >= 15 is 0 Å². The van der Waals surface area contributed by atoms with E-state index in [0.717, 1.165) is 23.2 Å². The Labute approximate surface area is 236 Å². The van der Waals surface area contributed by atoms with Gasteiger partial charge in [0, 0.05) is 38.2 Å². The molecular weight excluding hydrogens is 531 g/mol. The van der Waals surface area contributed by atoms with Crippen LogP contribution in [0.5, 0.6) is 17.2 Å². The summed E-state index contributed by atoms with van der Waals surface area (Å²) < 4.78 is 40.6. The van der Waals surface area contributed by atoms with E-state index in [1.165, 1.54) is 7.11 Å². The predicted molar refractivity (Wildman–Crippen MR) is 152 cm³/mol. The average molecular weight is 568 g/mol. The molecule has 4 rings (SSSR count). The molecule has 213 valence electrons. The monoisotopic (exact) mass is 567 g/mol. The molecule has 2 unspecified atom stereocenters. The van der Waals surface area contributed by atoms with Crippen LogP contribution in [0.25, 0.3) is 0 Å². The van der Waals surface area contributed by atoms with Crippen molar-refractivity contribution in [2.45, 2.75) is 33.1 Å². The van der Waals surface area contributed by atoms with Gasteiger partial charge in [-0.05, 0) is 49.2 Å². The van der Waals surface area contributed by atoms with Crippen molar-refractivity contribution in [1.82, 2.24) is 9.80 Å². The van der Waals surface area contributed by atoms with Gasteiger partial charge in [-0.2, -0.15) is 0 Å². The molecule has 1 radical (unpaired) electrons. The second-order valence-electron chi connectivity index (χ2n) is 9.24. The largest absolute Gasteiger partial charge is 0.527 e. The van der Waals surface area contributed by atoms with Crippen molar-refractivity contribution in [2.75, 3.05) is 26.9 Å². The third-order valence-corrected chi connectivity index (χ3v) is 7.17. The smallest absolute Gasteiger partial charge is 0.490 e. The average Bonchev–Trinajstić information content (AvgIpc) is 3.41. The van der Waals surface area contributed by atoms with Crippen molar-refractivity contribution in [1.29, 1.82) is 0 Å². The Kier molecular flexibility index (Phi) is 10.5. The topological polar surface area (TPSA) is 89.9 Å². The molecule has 9 nitrogen and oxygen atoms in total. The van der Waals surface area contributed by atoms with Gasteiger partial charge in [0.25, 0.3) is 0 Å². The van der Waals surface area contributed by atoms with Gasteiger partial charge in [-0.3, -0.25) is 9.42 Å². The van der Waals surface area contributed by atoms with Gasteiger partial charge in [-0.15, -0.1) is 0 Å². The zero-order valence-corrected chi connectivity index (χ0v) is 23.9. The Morgan fingerprint density at radius 3 is 2.30 bits per heavy atom. The van der Waals surface area contributed by atoms with Gasteiger partial charge in [0.15, 0.2) is 0 Å². The molecule has 1 aliphatic rings. The molecule has 3 aromatic rings. The van der Waals surface area contributed by atoms with Crippen molar-refractivity contribution in [3.8, 4) is 17.2 Å². The van der Waals surface area contributed by atoms with Crippen LogP contribution < -0.4 is 14.0 Å². The lowest BCUT2D eigenvalue weighted by molar-refractivity contribution is 0.0159. The SMILES string of the molecule is CCN1[CH]N(Cc2cccc(OP(=O)(O)OCC(COc3cccc(OCc4ccccc4)c3C)OC)c2)C=C1. The van der Waals surface area contributed by atoms with Gasteiger partial charge in [-0.25, -0.2) is 4.57 Å². The van der Waals surface area contributed by atoms with Crippen LogP contribution in [0.3, 0.4) is 0 Å². The molecule has 0 bridgehead atoms. The van der Waals surface area contributed by atoms with Crippen molar-refractivity contribution in [3.05, 3.63) is 109 Å². The number of hydrogen-bond donors (Lipinski definition) is 1. The predicted octanol–water partition coefficient (Wildman–Crippen LogP) is 5.89. The molecule has 10 heteroatoms. The van der Waals surface area contributed by atoms with E-state index < -0.39 is 13.9 Å². The van der Waals surface area contributed by atoms with E-state index in [-0.39, 0.29) is 19.0 Å². The summed E-state index contributed by atoms with van der Waals surface area (Å²) in [4.78, 5) is 14.4. The highest BCUT2D eigenvalue weighted by Crippen LogP contribution is 2.44. The molecule has 3 aromatic carbocycles. The Morgan fingerprint density at radius 2 is 1.57 bits per heavy atom. The molecule has 2 atom stereocenters. The normalized spacial score (nSPS) is 15.1. The summed E-state index contributed by atoms with van der Waals surface area (Å²) in [5.41, 5.74) is 2.83. The minimum absolute atomic E-state index is 0.101. The standard InChI is InChI=1S/C30H36N2O7P/c1-4-31-16-17-32(23-31)19-26-12-8-13-27(18-26)39-40(33,34)38-22-28(35-3)21-37-30-15-9-14-29(24(30)2)36-20-25-10-6-5-7-11-25/h5-18,23,28H,4,19-22H2,1-3H3,(H,33,34). The van der Waals surface area contributed by atoms with Crippen LogP contribution >= 0.6 is 7.82 Å². The molecule has 1 aliphatic heterocycles. The van der Waals surface area contributed by atoms with Gasteiger partial charge in [-0.1, -0.05) is 48.5 Å². The number of methoxy groups -OCH3 is 1. The maximum Gasteiger partial charge on any atom is 0.527 e. The van der Waals surface area contributed by atoms with Gasteiger partial charge in [0.1, 0.15) is 43.2 Å². The maximum absolute atomic E-state index is 12.7. The lowest BCUT2D eigenvalue weighted by Crippen LogP contribution is -2.26. The molecule has 1 heterocycles. The molecule has 0 spiro atoms. The van der Waals surface area contributed by atoms with Crippen LogP contribution in [-0.2, 0) is 27.0 Å². The zero-order chi connectivity index (χ0) is 28.4. The van der Waals surface area contributed by atoms with Crippen molar-refractivity contribution >= 4 is 7.82 Å². The van der Waals surface area contributed by atoms with Gasteiger partial charge >= 0.3 is 7.82 Å². The van der Waals surface area contributed by atoms with E-state index in [1.807, 2.05) is 85.5 Å². The molecule has 0 fully saturated rings. The summed E-state index contributed by atoms with van der Waals surface area (Å²) >= 11 is 0. The van der Waals surface area contributed by atoms with Crippen molar-refractivity contribution < 1.29 is 32.7 Å².